The lowest BCUT2D eigenvalue weighted by molar-refractivity contribution is -0.177. The summed E-state index contributed by atoms with van der Waals surface area (Å²) in [5, 5.41) is 3.65. The molecule has 7 heteroatoms. The van der Waals surface area contributed by atoms with Gasteiger partial charge >= 0.3 is 0 Å². The first kappa shape index (κ1) is 17.9. The Labute approximate surface area is 150 Å². The van der Waals surface area contributed by atoms with Gasteiger partial charge in [0.25, 0.3) is 0 Å². The van der Waals surface area contributed by atoms with Gasteiger partial charge in [0, 0.05) is 64.2 Å². The fraction of sp³-hybridized carbons (Fsp3) is 0.722. The Kier molecular flexibility index (Phi) is 4.86. The van der Waals surface area contributed by atoms with Crippen molar-refractivity contribution in [2.45, 2.75) is 38.8 Å². The number of methoxy groups -OCH3 is 1. The predicted octanol–water partition coefficient (Wildman–Crippen LogP) is 1.38. The molecule has 1 N–H and O–H groups in total. The molecule has 0 spiro atoms. The van der Waals surface area contributed by atoms with Crippen LogP contribution in [0.25, 0.3) is 0 Å². The number of guanidine groups is 1. The third-order valence-electron chi connectivity index (χ3n) is 6.21. The molecule has 2 unspecified atom stereocenters. The quantitative estimate of drug-likeness (QED) is 0.659. The van der Waals surface area contributed by atoms with Crippen molar-refractivity contribution in [3.8, 4) is 0 Å². The lowest BCUT2D eigenvalue weighted by Crippen LogP contribution is -2.70. The van der Waals surface area contributed by atoms with E-state index in [0.717, 1.165) is 44.5 Å². The van der Waals surface area contributed by atoms with Crippen molar-refractivity contribution in [1.29, 1.82) is 0 Å². The number of aromatic nitrogens is 2. The maximum atomic E-state index is 5.73. The summed E-state index contributed by atoms with van der Waals surface area (Å²) in [5.74, 6) is 1.78. The molecular formula is C18H30N6O. The Hall–Kier alpha value is -1.89. The number of hydrogen-bond acceptors (Lipinski definition) is 5. The van der Waals surface area contributed by atoms with E-state index in [-0.39, 0.29) is 11.0 Å². The minimum Gasteiger partial charge on any atom is -0.378 e. The van der Waals surface area contributed by atoms with E-state index < -0.39 is 0 Å². The number of aliphatic imine (C=N–C) groups is 1. The van der Waals surface area contributed by atoms with Gasteiger partial charge in [0.1, 0.15) is 0 Å². The Bertz CT molecular complexity index is 611. The van der Waals surface area contributed by atoms with Crippen LogP contribution < -0.4 is 10.2 Å². The van der Waals surface area contributed by atoms with Crippen LogP contribution in [0.5, 0.6) is 0 Å². The van der Waals surface area contributed by atoms with E-state index in [1.54, 1.807) is 19.5 Å². The zero-order valence-corrected chi connectivity index (χ0v) is 16.0. The van der Waals surface area contributed by atoms with Gasteiger partial charge in [-0.1, -0.05) is 13.8 Å². The van der Waals surface area contributed by atoms with Gasteiger partial charge in [0.05, 0.1) is 5.60 Å². The summed E-state index contributed by atoms with van der Waals surface area (Å²) in [6.07, 6.45) is 4.58. The van der Waals surface area contributed by atoms with Crippen molar-refractivity contribution in [3.63, 3.8) is 0 Å². The minimum absolute atomic E-state index is 0.0669. The number of nitrogens with zero attached hydrogens (tertiary/aromatic N) is 5. The maximum Gasteiger partial charge on any atom is 0.225 e. The van der Waals surface area contributed by atoms with Crippen molar-refractivity contribution in [2.75, 3.05) is 45.2 Å². The summed E-state index contributed by atoms with van der Waals surface area (Å²) < 4.78 is 5.73. The highest BCUT2D eigenvalue weighted by Crippen LogP contribution is 2.51. The van der Waals surface area contributed by atoms with E-state index >= 15 is 0 Å². The Morgan fingerprint density at radius 1 is 1.20 bits per heavy atom. The lowest BCUT2D eigenvalue weighted by Gasteiger charge is -2.59. The van der Waals surface area contributed by atoms with Gasteiger partial charge in [-0.05, 0) is 19.4 Å². The van der Waals surface area contributed by atoms with Crippen molar-refractivity contribution in [3.05, 3.63) is 18.5 Å². The third kappa shape index (κ3) is 3.17. The van der Waals surface area contributed by atoms with Crippen LogP contribution in [0, 0.1) is 5.41 Å². The van der Waals surface area contributed by atoms with E-state index in [1.807, 2.05) is 13.1 Å². The smallest absolute Gasteiger partial charge is 0.225 e. The van der Waals surface area contributed by atoms with Crippen LogP contribution in [-0.4, -0.2) is 72.8 Å². The number of piperazine rings is 1. The first-order valence-electron chi connectivity index (χ1n) is 8.96. The summed E-state index contributed by atoms with van der Waals surface area (Å²) in [5.41, 5.74) is -0.00967. The monoisotopic (exact) mass is 346 g/mol. The van der Waals surface area contributed by atoms with Gasteiger partial charge < -0.3 is 19.9 Å². The van der Waals surface area contributed by atoms with E-state index in [4.69, 9.17) is 4.74 Å². The highest BCUT2D eigenvalue weighted by molar-refractivity contribution is 5.80. The van der Waals surface area contributed by atoms with E-state index in [2.05, 4.69) is 50.8 Å². The first-order chi connectivity index (χ1) is 11.9. The van der Waals surface area contributed by atoms with Crippen LogP contribution in [0.3, 0.4) is 0 Å². The largest absolute Gasteiger partial charge is 0.378 e. The van der Waals surface area contributed by atoms with Gasteiger partial charge in [0.2, 0.25) is 5.95 Å². The number of hydrogen-bond donors (Lipinski definition) is 1. The summed E-state index contributed by atoms with van der Waals surface area (Å²) >= 11 is 0. The van der Waals surface area contributed by atoms with Gasteiger partial charge in [-0.2, -0.15) is 0 Å². The van der Waals surface area contributed by atoms with Crippen LogP contribution >= 0.6 is 0 Å². The second-order valence-corrected chi connectivity index (χ2v) is 7.63. The molecule has 7 nitrogen and oxygen atoms in total. The molecule has 2 aliphatic rings. The summed E-state index contributed by atoms with van der Waals surface area (Å²) in [7, 11) is 3.66. The van der Waals surface area contributed by atoms with Gasteiger partial charge in [-0.3, -0.25) is 4.99 Å². The van der Waals surface area contributed by atoms with Crippen LogP contribution in [0.4, 0.5) is 5.95 Å². The fourth-order valence-corrected chi connectivity index (χ4v) is 3.75. The zero-order chi connectivity index (χ0) is 18.1. The molecule has 0 amide bonds. The molecule has 138 valence electrons. The standard InChI is InChI=1S/C18H30N6O/c1-17(2)14(13-18(17,3)25-5)22-15(19-4)23-9-11-24(12-10-23)16-20-7-6-8-21-16/h6-8,14H,9-13H2,1-5H3,(H,19,22). The number of rotatable bonds is 3. The summed E-state index contributed by atoms with van der Waals surface area (Å²) in [6, 6.07) is 2.21. The Morgan fingerprint density at radius 2 is 1.84 bits per heavy atom. The molecule has 2 heterocycles. The van der Waals surface area contributed by atoms with Crippen molar-refractivity contribution in [2.24, 2.45) is 10.4 Å². The minimum atomic E-state index is -0.0765. The predicted molar refractivity (Wildman–Crippen MR) is 99.9 cm³/mol. The molecule has 1 aromatic rings. The average molecular weight is 346 g/mol. The highest BCUT2D eigenvalue weighted by Gasteiger charge is 2.58. The summed E-state index contributed by atoms with van der Waals surface area (Å²) in [6.45, 7) is 10.3. The van der Waals surface area contributed by atoms with E-state index in [0.29, 0.717) is 6.04 Å². The lowest BCUT2D eigenvalue weighted by atomic mass is 9.56. The van der Waals surface area contributed by atoms with Gasteiger partial charge in [-0.25, -0.2) is 9.97 Å². The normalized spacial score (nSPS) is 29.3. The molecule has 0 radical (unpaired) electrons. The maximum absolute atomic E-state index is 5.73. The molecule has 0 bridgehead atoms. The summed E-state index contributed by atoms with van der Waals surface area (Å²) in [4.78, 5) is 17.7. The van der Waals surface area contributed by atoms with E-state index in [9.17, 15) is 0 Å². The van der Waals surface area contributed by atoms with Crippen LogP contribution in [-0.2, 0) is 4.74 Å². The molecule has 2 atom stereocenters. The molecule has 1 saturated carbocycles. The first-order valence-corrected chi connectivity index (χ1v) is 8.96. The average Bonchev–Trinajstić information content (AvgIpc) is 2.65. The Morgan fingerprint density at radius 3 is 2.36 bits per heavy atom. The Balaban J connectivity index is 1.57. The van der Waals surface area contributed by atoms with Gasteiger partial charge in [-0.15, -0.1) is 0 Å². The molecule has 1 saturated heterocycles. The molecule has 1 aromatic heterocycles. The molecule has 25 heavy (non-hydrogen) atoms. The van der Waals surface area contributed by atoms with Crippen LogP contribution in [0.15, 0.2) is 23.5 Å². The van der Waals surface area contributed by atoms with Crippen molar-refractivity contribution in [1.82, 2.24) is 20.2 Å². The molecule has 0 aromatic carbocycles. The number of ether oxygens (including phenoxy) is 1. The number of anilines is 1. The molecular weight excluding hydrogens is 316 g/mol. The molecule has 2 fully saturated rings. The van der Waals surface area contributed by atoms with Crippen LogP contribution in [0.1, 0.15) is 27.2 Å². The van der Waals surface area contributed by atoms with Crippen molar-refractivity contribution >= 4 is 11.9 Å². The third-order valence-corrected chi connectivity index (χ3v) is 6.21. The molecule has 1 aliphatic carbocycles. The topological polar surface area (TPSA) is 65.9 Å². The second kappa shape index (κ2) is 6.78. The van der Waals surface area contributed by atoms with Gasteiger partial charge in [0.15, 0.2) is 5.96 Å². The second-order valence-electron chi connectivity index (χ2n) is 7.63. The van der Waals surface area contributed by atoms with Crippen molar-refractivity contribution < 1.29 is 4.74 Å². The SMILES string of the molecule is CN=C(NC1CC(C)(OC)C1(C)C)N1CCN(c2ncccn2)CC1. The molecule has 1 aliphatic heterocycles. The highest BCUT2D eigenvalue weighted by atomic mass is 16.5. The number of nitrogens with one attached hydrogen (secondary N) is 1. The molecule has 3 rings (SSSR count). The fourth-order valence-electron chi connectivity index (χ4n) is 3.75. The zero-order valence-electron chi connectivity index (χ0n) is 16.0. The van der Waals surface area contributed by atoms with Crippen LogP contribution in [0.2, 0.25) is 0 Å². The van der Waals surface area contributed by atoms with E-state index in [1.165, 1.54) is 0 Å².